The Labute approximate surface area is 210 Å². The Kier molecular flexibility index (Phi) is 7.39. The molecule has 0 aliphatic rings. The second-order valence-electron chi connectivity index (χ2n) is 8.81. The maximum absolute atomic E-state index is 13.9. The number of carbonyl (C=O) groups is 2. The van der Waals surface area contributed by atoms with Gasteiger partial charge in [-0.2, -0.15) is 0 Å². The molecule has 4 aromatic rings. The van der Waals surface area contributed by atoms with E-state index in [1.54, 1.807) is 63.2 Å². The van der Waals surface area contributed by atoms with Gasteiger partial charge in [-0.15, -0.1) is 5.10 Å². The molecule has 186 valence electrons. The lowest BCUT2D eigenvalue weighted by molar-refractivity contribution is 0.0213. The van der Waals surface area contributed by atoms with Crippen LogP contribution in [0.5, 0.6) is 5.06 Å². The van der Waals surface area contributed by atoms with Crippen molar-refractivity contribution in [3.05, 3.63) is 77.9 Å². The molecule has 9 nitrogen and oxygen atoms in total. The SMILES string of the molecule is CC(C)(C)OC(=O)Oc1ccc(-c2cc(C(=O)NCCc3ccccc3F)cc(-n3cnnn3)c2)s1. The van der Waals surface area contributed by atoms with Crippen LogP contribution in [0.25, 0.3) is 16.1 Å². The topological polar surface area (TPSA) is 108 Å². The van der Waals surface area contributed by atoms with Crippen LogP contribution in [0.15, 0.2) is 60.9 Å². The largest absolute Gasteiger partial charge is 0.515 e. The highest BCUT2D eigenvalue weighted by Crippen LogP contribution is 2.35. The summed E-state index contributed by atoms with van der Waals surface area (Å²) in [6.07, 6.45) is 0.979. The van der Waals surface area contributed by atoms with Crippen LogP contribution >= 0.6 is 11.3 Å². The summed E-state index contributed by atoms with van der Waals surface area (Å²) in [5.74, 6) is -0.638. The van der Waals surface area contributed by atoms with Gasteiger partial charge in [-0.1, -0.05) is 29.5 Å². The van der Waals surface area contributed by atoms with Crippen LogP contribution in [0.1, 0.15) is 36.7 Å². The minimum Gasteiger partial charge on any atom is -0.428 e. The second-order valence-corrected chi connectivity index (χ2v) is 9.85. The third-order valence-corrected chi connectivity index (χ3v) is 5.88. The van der Waals surface area contributed by atoms with Gasteiger partial charge in [0.1, 0.15) is 17.7 Å². The molecular weight excluding hydrogens is 485 g/mol. The summed E-state index contributed by atoms with van der Waals surface area (Å²) >= 11 is 1.23. The van der Waals surface area contributed by atoms with E-state index in [-0.39, 0.29) is 18.3 Å². The van der Waals surface area contributed by atoms with Crippen molar-refractivity contribution in [2.45, 2.75) is 32.8 Å². The summed E-state index contributed by atoms with van der Waals surface area (Å²) in [7, 11) is 0. The summed E-state index contributed by atoms with van der Waals surface area (Å²) in [6.45, 7) is 5.52. The van der Waals surface area contributed by atoms with Crippen molar-refractivity contribution in [2.24, 2.45) is 0 Å². The lowest BCUT2D eigenvalue weighted by atomic mass is 10.1. The van der Waals surface area contributed by atoms with Gasteiger partial charge in [0.2, 0.25) is 0 Å². The number of aromatic nitrogens is 4. The number of tetrazole rings is 1. The van der Waals surface area contributed by atoms with E-state index in [2.05, 4.69) is 20.8 Å². The average molecular weight is 510 g/mol. The molecule has 0 saturated carbocycles. The number of nitrogens with zero attached hydrogens (tertiary/aromatic N) is 4. The molecular formula is C25H24FN5O4S. The molecule has 36 heavy (non-hydrogen) atoms. The molecule has 2 heterocycles. The number of amides is 1. The Morgan fingerprint density at radius 2 is 1.92 bits per heavy atom. The Morgan fingerprint density at radius 1 is 1.11 bits per heavy atom. The summed E-state index contributed by atoms with van der Waals surface area (Å²) in [5.41, 5.74) is 1.49. The summed E-state index contributed by atoms with van der Waals surface area (Å²) < 4.78 is 25.8. The van der Waals surface area contributed by atoms with E-state index in [1.807, 2.05) is 6.07 Å². The number of hydrogen-bond donors (Lipinski definition) is 1. The highest BCUT2D eigenvalue weighted by Gasteiger charge is 2.19. The third kappa shape index (κ3) is 6.51. The fourth-order valence-corrected chi connectivity index (χ4v) is 4.13. The van der Waals surface area contributed by atoms with Gasteiger partial charge in [-0.25, -0.2) is 13.9 Å². The molecule has 2 aromatic heterocycles. The number of carbonyl (C=O) groups excluding carboxylic acids is 2. The summed E-state index contributed by atoms with van der Waals surface area (Å²) in [5, 5.41) is 14.4. The molecule has 0 atom stereocenters. The smallest absolute Gasteiger partial charge is 0.428 e. The Bertz CT molecular complexity index is 1370. The lowest BCUT2D eigenvalue weighted by Gasteiger charge is -2.18. The first kappa shape index (κ1) is 25.0. The lowest BCUT2D eigenvalue weighted by Crippen LogP contribution is -2.26. The molecule has 0 saturated heterocycles. The van der Waals surface area contributed by atoms with Crippen molar-refractivity contribution in [2.75, 3.05) is 6.54 Å². The Morgan fingerprint density at radius 3 is 2.64 bits per heavy atom. The van der Waals surface area contributed by atoms with E-state index < -0.39 is 11.8 Å². The monoisotopic (exact) mass is 509 g/mol. The molecule has 0 aliphatic heterocycles. The van der Waals surface area contributed by atoms with Crippen LogP contribution < -0.4 is 10.1 Å². The van der Waals surface area contributed by atoms with E-state index in [4.69, 9.17) is 9.47 Å². The minimum absolute atomic E-state index is 0.261. The first-order chi connectivity index (χ1) is 17.2. The van der Waals surface area contributed by atoms with Gasteiger partial charge in [0, 0.05) is 17.0 Å². The zero-order valence-electron chi connectivity index (χ0n) is 19.9. The van der Waals surface area contributed by atoms with Gasteiger partial charge in [-0.05, 0) is 85.1 Å². The van der Waals surface area contributed by atoms with Crippen LogP contribution in [0.4, 0.5) is 9.18 Å². The number of thiophene rings is 1. The van der Waals surface area contributed by atoms with Crippen molar-refractivity contribution in [3.63, 3.8) is 0 Å². The van der Waals surface area contributed by atoms with Gasteiger partial charge in [0.15, 0.2) is 5.06 Å². The number of halogens is 1. The Hall–Kier alpha value is -4.12. The number of rotatable bonds is 7. The number of ether oxygens (including phenoxy) is 2. The van der Waals surface area contributed by atoms with E-state index in [0.29, 0.717) is 33.9 Å². The average Bonchev–Trinajstić information content (AvgIpc) is 3.51. The first-order valence-electron chi connectivity index (χ1n) is 11.1. The van der Waals surface area contributed by atoms with E-state index in [0.717, 1.165) is 4.88 Å². The number of benzene rings is 2. The van der Waals surface area contributed by atoms with Crippen LogP contribution in [0.3, 0.4) is 0 Å². The molecule has 0 bridgehead atoms. The maximum Gasteiger partial charge on any atom is 0.515 e. The molecule has 0 fully saturated rings. The first-order valence-corrected chi connectivity index (χ1v) is 11.9. The van der Waals surface area contributed by atoms with E-state index in [1.165, 1.54) is 28.4 Å². The van der Waals surface area contributed by atoms with Crippen LogP contribution in [0.2, 0.25) is 0 Å². The highest BCUT2D eigenvalue weighted by molar-refractivity contribution is 7.17. The molecule has 1 amide bonds. The third-order valence-electron chi connectivity index (χ3n) is 4.87. The van der Waals surface area contributed by atoms with Gasteiger partial charge < -0.3 is 14.8 Å². The van der Waals surface area contributed by atoms with Gasteiger partial charge >= 0.3 is 6.16 Å². The van der Waals surface area contributed by atoms with Gasteiger partial charge in [0.25, 0.3) is 5.91 Å². The molecule has 1 N–H and O–H groups in total. The van der Waals surface area contributed by atoms with E-state index in [9.17, 15) is 14.0 Å². The molecule has 0 spiro atoms. The normalized spacial score (nSPS) is 11.2. The molecule has 2 aromatic carbocycles. The van der Waals surface area contributed by atoms with Crippen molar-refractivity contribution in [1.82, 2.24) is 25.5 Å². The Balaban J connectivity index is 1.54. The molecule has 11 heteroatoms. The standard InChI is InChI=1S/C25H24FN5O4S/c1-25(2,3)35-24(33)34-22-9-8-21(36-22)17-12-18(14-19(13-17)31-15-28-29-30-31)23(32)27-11-10-16-6-4-5-7-20(16)26/h4-9,12-15H,10-11H2,1-3H3,(H,27,32). The quantitative estimate of drug-likeness (QED) is 0.356. The van der Waals surface area contributed by atoms with Crippen LogP contribution in [0, 0.1) is 5.82 Å². The predicted molar refractivity (Wildman–Crippen MR) is 132 cm³/mol. The fourth-order valence-electron chi connectivity index (χ4n) is 3.29. The van der Waals surface area contributed by atoms with Crippen molar-refractivity contribution < 1.29 is 23.5 Å². The number of nitrogens with one attached hydrogen (secondary N) is 1. The predicted octanol–water partition coefficient (Wildman–Crippen LogP) is 4.82. The maximum atomic E-state index is 13.9. The fraction of sp³-hybridized carbons (Fsp3) is 0.240. The van der Waals surface area contributed by atoms with Gasteiger partial charge in [0.05, 0.1) is 5.69 Å². The van der Waals surface area contributed by atoms with Crippen molar-refractivity contribution in [1.29, 1.82) is 0 Å². The van der Waals surface area contributed by atoms with Crippen molar-refractivity contribution >= 4 is 23.4 Å². The van der Waals surface area contributed by atoms with Crippen LogP contribution in [-0.2, 0) is 11.2 Å². The van der Waals surface area contributed by atoms with Crippen LogP contribution in [-0.4, -0.2) is 44.4 Å². The molecule has 4 rings (SSSR count). The highest BCUT2D eigenvalue weighted by atomic mass is 32.1. The second kappa shape index (κ2) is 10.6. The molecule has 0 aliphatic carbocycles. The van der Waals surface area contributed by atoms with E-state index >= 15 is 0 Å². The summed E-state index contributed by atoms with van der Waals surface area (Å²) in [4.78, 5) is 25.7. The molecule has 0 radical (unpaired) electrons. The zero-order chi connectivity index (χ0) is 25.7. The minimum atomic E-state index is -0.798. The summed E-state index contributed by atoms with van der Waals surface area (Å²) in [6, 6.07) is 15.1. The number of hydrogen-bond acceptors (Lipinski definition) is 8. The van der Waals surface area contributed by atoms with Gasteiger partial charge in [-0.3, -0.25) is 4.79 Å². The zero-order valence-corrected chi connectivity index (χ0v) is 20.7. The van der Waals surface area contributed by atoms with Crippen molar-refractivity contribution in [3.8, 4) is 21.2 Å². The molecule has 0 unspecified atom stereocenters.